The third-order valence-corrected chi connectivity index (χ3v) is 3.08. The zero-order chi connectivity index (χ0) is 8.93. The van der Waals surface area contributed by atoms with Gasteiger partial charge in [0, 0.05) is 38.9 Å². The number of nitrogens with one attached hydrogen (secondary N) is 2. The number of hydrogen-bond donors (Lipinski definition) is 2. The van der Waals surface area contributed by atoms with Gasteiger partial charge in [0.2, 0.25) is 0 Å². The largest absolute Gasteiger partial charge is 0.381 e. The summed E-state index contributed by atoms with van der Waals surface area (Å²) in [6, 6.07) is 0.705. The van der Waals surface area contributed by atoms with Gasteiger partial charge in [-0.1, -0.05) is 0 Å². The van der Waals surface area contributed by atoms with Crippen molar-refractivity contribution in [3.63, 3.8) is 0 Å². The first-order valence-corrected chi connectivity index (χ1v) is 5.47. The normalized spacial score (nSPS) is 27.6. The summed E-state index contributed by atoms with van der Waals surface area (Å²) in [5.41, 5.74) is 0. The standard InChI is InChI=1S/C10H20N2O.2ClH/c1-5-13-6-2-9(1)7-10-8-11-3-4-12-10;;/h9-12H,1-8H2;2*1H. The summed E-state index contributed by atoms with van der Waals surface area (Å²) in [6.07, 6.45) is 3.85. The van der Waals surface area contributed by atoms with Crippen LogP contribution in [0.1, 0.15) is 19.3 Å². The lowest BCUT2D eigenvalue weighted by atomic mass is 9.92. The van der Waals surface area contributed by atoms with Gasteiger partial charge in [-0.15, -0.1) is 24.8 Å². The van der Waals surface area contributed by atoms with Gasteiger partial charge in [-0.2, -0.15) is 0 Å². The van der Waals surface area contributed by atoms with Crippen LogP contribution in [0.3, 0.4) is 0 Å². The lowest BCUT2D eigenvalue weighted by molar-refractivity contribution is 0.0600. The van der Waals surface area contributed by atoms with Gasteiger partial charge in [0.25, 0.3) is 0 Å². The van der Waals surface area contributed by atoms with Gasteiger partial charge in [0.15, 0.2) is 0 Å². The zero-order valence-electron chi connectivity index (χ0n) is 9.04. The molecule has 0 aromatic carbocycles. The fourth-order valence-corrected chi connectivity index (χ4v) is 2.26. The molecule has 0 amide bonds. The molecule has 2 heterocycles. The molecule has 1 unspecified atom stereocenters. The van der Waals surface area contributed by atoms with Gasteiger partial charge in [0.1, 0.15) is 0 Å². The first kappa shape index (κ1) is 15.5. The van der Waals surface area contributed by atoms with Gasteiger partial charge in [-0.3, -0.25) is 0 Å². The van der Waals surface area contributed by atoms with Crippen LogP contribution < -0.4 is 10.6 Å². The van der Waals surface area contributed by atoms with Crippen molar-refractivity contribution >= 4 is 24.8 Å². The monoisotopic (exact) mass is 256 g/mol. The maximum Gasteiger partial charge on any atom is 0.0468 e. The molecule has 0 bridgehead atoms. The van der Waals surface area contributed by atoms with E-state index in [4.69, 9.17) is 4.74 Å². The van der Waals surface area contributed by atoms with Crippen molar-refractivity contribution in [2.45, 2.75) is 25.3 Å². The van der Waals surface area contributed by atoms with Gasteiger partial charge >= 0.3 is 0 Å². The minimum absolute atomic E-state index is 0. The first-order valence-electron chi connectivity index (χ1n) is 5.47. The fourth-order valence-electron chi connectivity index (χ4n) is 2.26. The second-order valence-electron chi connectivity index (χ2n) is 4.15. The molecule has 92 valence electrons. The Balaban J connectivity index is 0.000000980. The third kappa shape index (κ3) is 5.36. The van der Waals surface area contributed by atoms with Crippen LogP contribution in [0.2, 0.25) is 0 Å². The second kappa shape index (κ2) is 8.59. The van der Waals surface area contributed by atoms with Crippen LogP contribution in [0.25, 0.3) is 0 Å². The Morgan fingerprint density at radius 1 is 1.07 bits per heavy atom. The minimum atomic E-state index is 0. The van der Waals surface area contributed by atoms with E-state index in [-0.39, 0.29) is 24.8 Å². The van der Waals surface area contributed by atoms with Crippen LogP contribution in [-0.2, 0) is 4.74 Å². The average molecular weight is 257 g/mol. The summed E-state index contributed by atoms with van der Waals surface area (Å²) in [5.74, 6) is 0.895. The van der Waals surface area contributed by atoms with E-state index in [1.807, 2.05) is 0 Å². The van der Waals surface area contributed by atoms with E-state index < -0.39 is 0 Å². The Morgan fingerprint density at radius 2 is 1.80 bits per heavy atom. The molecule has 2 fully saturated rings. The van der Waals surface area contributed by atoms with Gasteiger partial charge in [0.05, 0.1) is 0 Å². The van der Waals surface area contributed by atoms with E-state index in [1.165, 1.54) is 19.3 Å². The van der Waals surface area contributed by atoms with Crippen LogP contribution >= 0.6 is 24.8 Å². The lowest BCUT2D eigenvalue weighted by Crippen LogP contribution is -2.49. The van der Waals surface area contributed by atoms with Crippen molar-refractivity contribution in [1.82, 2.24) is 10.6 Å². The molecule has 0 aromatic rings. The highest BCUT2D eigenvalue weighted by atomic mass is 35.5. The van der Waals surface area contributed by atoms with Crippen molar-refractivity contribution < 1.29 is 4.74 Å². The van der Waals surface area contributed by atoms with Crippen LogP contribution in [0.5, 0.6) is 0 Å². The molecule has 2 aliphatic rings. The molecule has 5 heteroatoms. The van der Waals surface area contributed by atoms with Gasteiger partial charge < -0.3 is 15.4 Å². The molecule has 0 saturated carbocycles. The van der Waals surface area contributed by atoms with Gasteiger partial charge in [-0.05, 0) is 25.2 Å². The van der Waals surface area contributed by atoms with Crippen molar-refractivity contribution in [2.75, 3.05) is 32.8 Å². The Kier molecular flexibility index (Phi) is 8.86. The van der Waals surface area contributed by atoms with Crippen LogP contribution in [0.15, 0.2) is 0 Å². The summed E-state index contributed by atoms with van der Waals surface area (Å²) in [7, 11) is 0. The van der Waals surface area contributed by atoms with Crippen LogP contribution in [-0.4, -0.2) is 38.9 Å². The Bertz CT molecular complexity index is 132. The topological polar surface area (TPSA) is 33.3 Å². The van der Waals surface area contributed by atoms with Crippen molar-refractivity contribution in [2.24, 2.45) is 5.92 Å². The quantitative estimate of drug-likeness (QED) is 0.780. The lowest BCUT2D eigenvalue weighted by Gasteiger charge is -2.30. The zero-order valence-corrected chi connectivity index (χ0v) is 10.7. The predicted molar refractivity (Wildman–Crippen MR) is 67.3 cm³/mol. The second-order valence-corrected chi connectivity index (χ2v) is 4.15. The molecule has 0 aromatic heterocycles. The van der Waals surface area contributed by atoms with E-state index in [9.17, 15) is 0 Å². The molecule has 2 aliphatic heterocycles. The molecular formula is C10H22Cl2N2O. The highest BCUT2D eigenvalue weighted by Gasteiger charge is 2.20. The number of halogens is 2. The molecule has 2 N–H and O–H groups in total. The molecular weight excluding hydrogens is 235 g/mol. The van der Waals surface area contributed by atoms with E-state index >= 15 is 0 Å². The maximum absolute atomic E-state index is 5.35. The fraction of sp³-hybridized carbons (Fsp3) is 1.00. The number of hydrogen-bond acceptors (Lipinski definition) is 3. The maximum atomic E-state index is 5.35. The van der Waals surface area contributed by atoms with Crippen LogP contribution in [0, 0.1) is 5.92 Å². The number of rotatable bonds is 2. The molecule has 3 nitrogen and oxygen atoms in total. The predicted octanol–water partition coefficient (Wildman–Crippen LogP) is 1.21. The van der Waals surface area contributed by atoms with Crippen molar-refractivity contribution in [1.29, 1.82) is 0 Å². The molecule has 15 heavy (non-hydrogen) atoms. The molecule has 0 spiro atoms. The Labute approximate surface area is 105 Å². The highest BCUT2D eigenvalue weighted by molar-refractivity contribution is 5.85. The summed E-state index contributed by atoms with van der Waals surface area (Å²) >= 11 is 0. The van der Waals surface area contributed by atoms with E-state index in [1.54, 1.807) is 0 Å². The third-order valence-electron chi connectivity index (χ3n) is 3.08. The number of piperazine rings is 1. The SMILES string of the molecule is C1CNC(CC2CCOCC2)CN1.Cl.Cl. The van der Waals surface area contributed by atoms with Crippen LogP contribution in [0.4, 0.5) is 0 Å². The van der Waals surface area contributed by atoms with E-state index in [0.717, 1.165) is 38.8 Å². The molecule has 2 rings (SSSR count). The highest BCUT2D eigenvalue weighted by Crippen LogP contribution is 2.20. The molecule has 0 radical (unpaired) electrons. The Hall–Kier alpha value is 0.460. The summed E-state index contributed by atoms with van der Waals surface area (Å²) in [6.45, 7) is 5.37. The summed E-state index contributed by atoms with van der Waals surface area (Å²) in [4.78, 5) is 0. The molecule has 1 atom stereocenters. The minimum Gasteiger partial charge on any atom is -0.381 e. The summed E-state index contributed by atoms with van der Waals surface area (Å²) < 4.78 is 5.35. The van der Waals surface area contributed by atoms with Crippen molar-refractivity contribution in [3.8, 4) is 0 Å². The number of ether oxygens (including phenoxy) is 1. The van der Waals surface area contributed by atoms with E-state index in [2.05, 4.69) is 10.6 Å². The molecule has 0 aliphatic carbocycles. The van der Waals surface area contributed by atoms with Gasteiger partial charge in [-0.25, -0.2) is 0 Å². The molecule has 2 saturated heterocycles. The van der Waals surface area contributed by atoms with Crippen molar-refractivity contribution in [3.05, 3.63) is 0 Å². The smallest absolute Gasteiger partial charge is 0.0468 e. The first-order chi connectivity index (χ1) is 6.45. The van der Waals surface area contributed by atoms with E-state index in [0.29, 0.717) is 6.04 Å². The Morgan fingerprint density at radius 3 is 2.40 bits per heavy atom. The summed E-state index contributed by atoms with van der Waals surface area (Å²) in [5, 5.41) is 6.99. The average Bonchev–Trinajstić information content (AvgIpc) is 2.21.